The molecule has 0 bridgehead atoms. The summed E-state index contributed by atoms with van der Waals surface area (Å²) in [4.78, 5) is 2.53. The molecule has 1 saturated heterocycles. The SMILES string of the molecule is CCCC[N]N1CCN(CCC)CC1. The van der Waals surface area contributed by atoms with Crippen LogP contribution in [-0.4, -0.2) is 49.2 Å². The summed E-state index contributed by atoms with van der Waals surface area (Å²) < 4.78 is 0. The highest BCUT2D eigenvalue weighted by atomic mass is 15.5. The summed E-state index contributed by atoms with van der Waals surface area (Å²) in [6.45, 7) is 11.4. The second-order valence-electron chi connectivity index (χ2n) is 4.01. The van der Waals surface area contributed by atoms with Gasteiger partial charge in [-0.25, -0.2) is 5.01 Å². The van der Waals surface area contributed by atoms with Crippen LogP contribution in [0.5, 0.6) is 0 Å². The summed E-state index contributed by atoms with van der Waals surface area (Å²) in [7, 11) is 0. The van der Waals surface area contributed by atoms with Crippen LogP contribution in [0.3, 0.4) is 0 Å². The van der Waals surface area contributed by atoms with E-state index >= 15 is 0 Å². The first-order valence-electron chi connectivity index (χ1n) is 6.01. The van der Waals surface area contributed by atoms with Crippen molar-refractivity contribution in [2.24, 2.45) is 0 Å². The van der Waals surface area contributed by atoms with Gasteiger partial charge >= 0.3 is 0 Å². The Morgan fingerprint density at radius 1 is 1.00 bits per heavy atom. The van der Waals surface area contributed by atoms with Crippen LogP contribution in [0.25, 0.3) is 0 Å². The Balaban J connectivity index is 2.03. The monoisotopic (exact) mass is 198 g/mol. The Hall–Kier alpha value is -0.120. The molecule has 3 nitrogen and oxygen atoms in total. The van der Waals surface area contributed by atoms with Crippen LogP contribution in [0.4, 0.5) is 0 Å². The molecule has 83 valence electrons. The molecule has 1 heterocycles. The third-order valence-corrected chi connectivity index (χ3v) is 2.70. The van der Waals surface area contributed by atoms with Crippen molar-refractivity contribution >= 4 is 0 Å². The Labute approximate surface area is 88.4 Å². The van der Waals surface area contributed by atoms with Crippen molar-refractivity contribution < 1.29 is 0 Å². The van der Waals surface area contributed by atoms with E-state index in [1.165, 1.54) is 38.9 Å². The largest absolute Gasteiger partial charge is 0.301 e. The fourth-order valence-corrected chi connectivity index (χ4v) is 1.79. The van der Waals surface area contributed by atoms with Gasteiger partial charge in [-0.2, -0.15) is 5.43 Å². The molecule has 0 amide bonds. The second kappa shape index (κ2) is 7.21. The average molecular weight is 198 g/mol. The first kappa shape index (κ1) is 12.0. The van der Waals surface area contributed by atoms with Crippen molar-refractivity contribution in [3.63, 3.8) is 0 Å². The molecule has 0 N–H and O–H groups in total. The molecule has 1 rings (SSSR count). The Bertz CT molecular complexity index is 130. The molecule has 0 aromatic heterocycles. The molecule has 1 radical (unpaired) electrons. The van der Waals surface area contributed by atoms with Crippen LogP contribution < -0.4 is 5.43 Å². The number of hydrogen-bond acceptors (Lipinski definition) is 2. The normalized spacial score (nSPS) is 20.1. The molecule has 1 fully saturated rings. The zero-order valence-corrected chi connectivity index (χ0v) is 9.71. The van der Waals surface area contributed by atoms with Gasteiger partial charge in [0.25, 0.3) is 0 Å². The van der Waals surface area contributed by atoms with Gasteiger partial charge in [-0.05, 0) is 19.4 Å². The topological polar surface area (TPSA) is 20.6 Å². The highest BCUT2D eigenvalue weighted by Crippen LogP contribution is 2.00. The van der Waals surface area contributed by atoms with Crippen LogP contribution in [0.1, 0.15) is 33.1 Å². The van der Waals surface area contributed by atoms with Gasteiger partial charge in [0.1, 0.15) is 0 Å². The molecule has 0 unspecified atom stereocenters. The van der Waals surface area contributed by atoms with Crippen molar-refractivity contribution in [1.29, 1.82) is 0 Å². The number of piperazine rings is 1. The van der Waals surface area contributed by atoms with Crippen LogP contribution in [0.2, 0.25) is 0 Å². The zero-order valence-electron chi connectivity index (χ0n) is 9.71. The number of nitrogens with zero attached hydrogens (tertiary/aromatic N) is 3. The predicted molar refractivity (Wildman–Crippen MR) is 60.2 cm³/mol. The van der Waals surface area contributed by atoms with Gasteiger partial charge < -0.3 is 4.90 Å². The Morgan fingerprint density at radius 2 is 1.71 bits per heavy atom. The van der Waals surface area contributed by atoms with E-state index in [9.17, 15) is 0 Å². The fraction of sp³-hybridized carbons (Fsp3) is 1.00. The lowest BCUT2D eigenvalue weighted by Gasteiger charge is -2.33. The van der Waals surface area contributed by atoms with Crippen LogP contribution in [-0.2, 0) is 0 Å². The first-order valence-corrected chi connectivity index (χ1v) is 6.01. The van der Waals surface area contributed by atoms with Gasteiger partial charge in [0, 0.05) is 32.7 Å². The predicted octanol–water partition coefficient (Wildman–Crippen LogP) is 1.33. The lowest BCUT2D eigenvalue weighted by Crippen LogP contribution is -2.49. The van der Waals surface area contributed by atoms with Crippen molar-refractivity contribution in [2.75, 3.05) is 39.3 Å². The summed E-state index contributed by atoms with van der Waals surface area (Å²) >= 11 is 0. The molecule has 0 aromatic rings. The molecule has 3 heteroatoms. The minimum absolute atomic E-state index is 1.02. The summed E-state index contributed by atoms with van der Waals surface area (Å²) in [6, 6.07) is 0. The maximum absolute atomic E-state index is 4.57. The van der Waals surface area contributed by atoms with Gasteiger partial charge in [-0.1, -0.05) is 20.3 Å². The first-order chi connectivity index (χ1) is 6.86. The zero-order chi connectivity index (χ0) is 10.2. The van der Waals surface area contributed by atoms with Crippen LogP contribution in [0.15, 0.2) is 0 Å². The van der Waals surface area contributed by atoms with Crippen molar-refractivity contribution in [1.82, 2.24) is 15.3 Å². The highest BCUT2D eigenvalue weighted by molar-refractivity contribution is 4.68. The summed E-state index contributed by atoms with van der Waals surface area (Å²) in [6.07, 6.45) is 3.75. The Kier molecular flexibility index (Phi) is 6.15. The van der Waals surface area contributed by atoms with E-state index in [0.29, 0.717) is 0 Å². The Morgan fingerprint density at radius 3 is 2.29 bits per heavy atom. The summed E-state index contributed by atoms with van der Waals surface area (Å²) in [5, 5.41) is 2.25. The molecular weight excluding hydrogens is 174 g/mol. The van der Waals surface area contributed by atoms with E-state index in [1.54, 1.807) is 0 Å². The van der Waals surface area contributed by atoms with E-state index in [1.807, 2.05) is 0 Å². The van der Waals surface area contributed by atoms with Crippen LogP contribution in [0, 0.1) is 0 Å². The van der Waals surface area contributed by atoms with Crippen molar-refractivity contribution in [3.8, 4) is 0 Å². The van der Waals surface area contributed by atoms with Gasteiger partial charge in [0.15, 0.2) is 0 Å². The van der Waals surface area contributed by atoms with Crippen molar-refractivity contribution in [2.45, 2.75) is 33.1 Å². The lowest BCUT2D eigenvalue weighted by molar-refractivity contribution is 0.0851. The molecule has 0 aromatic carbocycles. The van der Waals surface area contributed by atoms with E-state index in [4.69, 9.17) is 0 Å². The fourth-order valence-electron chi connectivity index (χ4n) is 1.79. The van der Waals surface area contributed by atoms with E-state index in [0.717, 1.165) is 19.6 Å². The second-order valence-corrected chi connectivity index (χ2v) is 4.01. The summed E-state index contributed by atoms with van der Waals surface area (Å²) in [5.74, 6) is 0. The number of unbranched alkanes of at least 4 members (excludes halogenated alkanes) is 1. The van der Waals surface area contributed by atoms with Gasteiger partial charge in [0.2, 0.25) is 0 Å². The van der Waals surface area contributed by atoms with Gasteiger partial charge in [-0.15, -0.1) is 0 Å². The lowest BCUT2D eigenvalue weighted by atomic mass is 10.3. The maximum atomic E-state index is 4.57. The third-order valence-electron chi connectivity index (χ3n) is 2.70. The molecule has 0 aliphatic carbocycles. The number of hydrogen-bond donors (Lipinski definition) is 0. The van der Waals surface area contributed by atoms with Gasteiger partial charge in [0.05, 0.1) is 0 Å². The van der Waals surface area contributed by atoms with Crippen LogP contribution >= 0.6 is 0 Å². The molecule has 1 aliphatic heterocycles. The summed E-state index contributed by atoms with van der Waals surface area (Å²) in [5.41, 5.74) is 4.57. The van der Waals surface area contributed by atoms with E-state index < -0.39 is 0 Å². The third kappa shape index (κ3) is 4.40. The van der Waals surface area contributed by atoms with Gasteiger partial charge in [-0.3, -0.25) is 0 Å². The smallest absolute Gasteiger partial charge is 0.0306 e. The molecule has 0 spiro atoms. The maximum Gasteiger partial charge on any atom is 0.0306 e. The standard InChI is InChI=1S/C11H24N3/c1-3-5-6-12-14-10-8-13(7-4-2)9-11-14/h3-11H2,1-2H3. The minimum atomic E-state index is 1.02. The average Bonchev–Trinajstić information content (AvgIpc) is 2.21. The molecular formula is C11H24N3. The minimum Gasteiger partial charge on any atom is -0.301 e. The number of rotatable bonds is 6. The molecule has 14 heavy (non-hydrogen) atoms. The molecule has 1 aliphatic rings. The van der Waals surface area contributed by atoms with E-state index in [-0.39, 0.29) is 0 Å². The quantitative estimate of drug-likeness (QED) is 0.600. The molecule has 0 saturated carbocycles. The van der Waals surface area contributed by atoms with Crippen molar-refractivity contribution in [3.05, 3.63) is 0 Å². The highest BCUT2D eigenvalue weighted by Gasteiger charge is 2.15. The van der Waals surface area contributed by atoms with E-state index in [2.05, 4.69) is 29.2 Å². The molecule has 0 atom stereocenters.